The monoisotopic (exact) mass is 184 g/mol. The van der Waals surface area contributed by atoms with Crippen molar-refractivity contribution in [3.63, 3.8) is 0 Å². The van der Waals surface area contributed by atoms with Crippen LogP contribution in [-0.4, -0.2) is 54.9 Å². The van der Waals surface area contributed by atoms with E-state index in [-0.39, 0.29) is 6.04 Å². The molecule has 0 bridgehead atoms. The van der Waals surface area contributed by atoms with Gasteiger partial charge >= 0.3 is 0 Å². The number of carbonyl (C=O) groups excluding carboxylic acids is 1. The van der Waals surface area contributed by atoms with Crippen molar-refractivity contribution in [1.29, 1.82) is 0 Å². The van der Waals surface area contributed by atoms with Crippen LogP contribution in [-0.2, 0) is 4.79 Å². The topological polar surface area (TPSA) is 23.6 Å². The molecule has 0 amide bonds. The zero-order chi connectivity index (χ0) is 9.84. The number of carbonyl (C=O) groups is 1. The molecule has 1 unspecified atom stereocenters. The summed E-state index contributed by atoms with van der Waals surface area (Å²) in [4.78, 5) is 16.0. The van der Waals surface area contributed by atoms with Gasteiger partial charge in [0.2, 0.25) is 0 Å². The molecule has 1 heterocycles. The van der Waals surface area contributed by atoms with Gasteiger partial charge in [-0.1, -0.05) is 6.92 Å². The number of hydrogen-bond acceptors (Lipinski definition) is 3. The minimum absolute atomic E-state index is 0.124. The van der Waals surface area contributed by atoms with E-state index < -0.39 is 0 Å². The van der Waals surface area contributed by atoms with Crippen LogP contribution in [0.3, 0.4) is 0 Å². The highest BCUT2D eigenvalue weighted by molar-refractivity contribution is 5.83. The van der Waals surface area contributed by atoms with Crippen molar-refractivity contribution >= 4 is 5.78 Å². The second-order valence-corrected chi connectivity index (χ2v) is 3.84. The molecule has 1 rings (SSSR count). The number of nitrogens with zero attached hydrogens (tertiary/aromatic N) is 2. The Bertz CT molecular complexity index is 174. The van der Waals surface area contributed by atoms with Crippen molar-refractivity contribution in [1.82, 2.24) is 9.80 Å². The van der Waals surface area contributed by atoms with Crippen molar-refractivity contribution < 1.29 is 4.79 Å². The first-order valence-corrected chi connectivity index (χ1v) is 5.10. The molecule has 0 saturated carbocycles. The number of likely N-dealkylation sites (N-methyl/N-ethyl adjacent to an activating group) is 1. The molecule has 0 aromatic carbocycles. The third-order valence-electron chi connectivity index (χ3n) is 2.90. The quantitative estimate of drug-likeness (QED) is 0.642. The van der Waals surface area contributed by atoms with Crippen LogP contribution in [0.5, 0.6) is 0 Å². The predicted molar refractivity (Wildman–Crippen MR) is 53.8 cm³/mol. The van der Waals surface area contributed by atoms with Crippen molar-refractivity contribution in [3.8, 4) is 0 Å². The smallest absolute Gasteiger partial charge is 0.149 e. The van der Waals surface area contributed by atoms with Crippen LogP contribution in [0.25, 0.3) is 0 Å². The van der Waals surface area contributed by atoms with Crippen molar-refractivity contribution in [3.05, 3.63) is 0 Å². The predicted octanol–water partition coefficient (Wildman–Crippen LogP) is 0.601. The molecule has 1 atom stereocenters. The SMILES string of the molecule is CCC(=O)C(C)N1CCN(C)CC1. The number of Topliss-reactive ketones (excluding diaryl/α,β-unsaturated/α-hetero) is 1. The Balaban J connectivity index is 2.39. The van der Waals surface area contributed by atoms with E-state index in [1.165, 1.54) is 0 Å². The van der Waals surface area contributed by atoms with Gasteiger partial charge in [-0.3, -0.25) is 9.69 Å². The van der Waals surface area contributed by atoms with Crippen molar-refractivity contribution in [2.24, 2.45) is 0 Å². The normalized spacial score (nSPS) is 23.0. The van der Waals surface area contributed by atoms with E-state index in [2.05, 4.69) is 16.8 Å². The standard InChI is InChI=1S/C10H20N2O/c1-4-10(13)9(2)12-7-5-11(3)6-8-12/h9H,4-8H2,1-3H3. The van der Waals surface area contributed by atoms with Crippen LogP contribution in [0.15, 0.2) is 0 Å². The fraction of sp³-hybridized carbons (Fsp3) is 0.900. The summed E-state index contributed by atoms with van der Waals surface area (Å²) in [5, 5.41) is 0. The summed E-state index contributed by atoms with van der Waals surface area (Å²) in [7, 11) is 2.13. The molecule has 0 aliphatic carbocycles. The highest BCUT2D eigenvalue weighted by atomic mass is 16.1. The van der Waals surface area contributed by atoms with Crippen LogP contribution in [0.1, 0.15) is 20.3 Å². The van der Waals surface area contributed by atoms with E-state index in [0.717, 1.165) is 26.2 Å². The van der Waals surface area contributed by atoms with Gasteiger partial charge in [0.1, 0.15) is 5.78 Å². The molecular formula is C10H20N2O. The van der Waals surface area contributed by atoms with Gasteiger partial charge in [0.15, 0.2) is 0 Å². The van der Waals surface area contributed by atoms with Gasteiger partial charge in [-0.05, 0) is 14.0 Å². The third-order valence-corrected chi connectivity index (χ3v) is 2.90. The van der Waals surface area contributed by atoms with Crippen LogP contribution < -0.4 is 0 Å². The molecule has 0 aromatic heterocycles. The van der Waals surface area contributed by atoms with Gasteiger partial charge < -0.3 is 4.90 Å². The van der Waals surface area contributed by atoms with Crippen LogP contribution in [0.2, 0.25) is 0 Å². The molecule has 76 valence electrons. The zero-order valence-electron chi connectivity index (χ0n) is 8.92. The summed E-state index contributed by atoms with van der Waals surface area (Å²) in [6.45, 7) is 8.20. The number of piperazine rings is 1. The molecule has 0 aromatic rings. The molecule has 3 heteroatoms. The maximum atomic E-state index is 11.4. The fourth-order valence-electron chi connectivity index (χ4n) is 1.71. The first kappa shape index (κ1) is 10.7. The van der Waals surface area contributed by atoms with Gasteiger partial charge in [0, 0.05) is 32.6 Å². The summed E-state index contributed by atoms with van der Waals surface area (Å²) >= 11 is 0. The lowest BCUT2D eigenvalue weighted by Gasteiger charge is -2.35. The van der Waals surface area contributed by atoms with Crippen molar-refractivity contribution in [2.75, 3.05) is 33.2 Å². The lowest BCUT2D eigenvalue weighted by molar-refractivity contribution is -0.124. The molecule has 0 N–H and O–H groups in total. The van der Waals surface area contributed by atoms with Crippen LogP contribution in [0.4, 0.5) is 0 Å². The molecule has 1 saturated heterocycles. The maximum Gasteiger partial charge on any atom is 0.149 e. The molecule has 1 aliphatic heterocycles. The summed E-state index contributed by atoms with van der Waals surface area (Å²) < 4.78 is 0. The summed E-state index contributed by atoms with van der Waals surface area (Å²) in [6, 6.07) is 0.124. The van der Waals surface area contributed by atoms with Crippen molar-refractivity contribution in [2.45, 2.75) is 26.3 Å². The molecule has 13 heavy (non-hydrogen) atoms. The number of hydrogen-bond donors (Lipinski definition) is 0. The van der Waals surface area contributed by atoms with E-state index in [0.29, 0.717) is 12.2 Å². The average Bonchev–Trinajstić information content (AvgIpc) is 2.17. The summed E-state index contributed by atoms with van der Waals surface area (Å²) in [6.07, 6.45) is 0.660. The van der Waals surface area contributed by atoms with Gasteiger partial charge in [-0.2, -0.15) is 0 Å². The molecule has 1 aliphatic rings. The van der Waals surface area contributed by atoms with Gasteiger partial charge in [0.05, 0.1) is 6.04 Å². The van der Waals surface area contributed by atoms with E-state index >= 15 is 0 Å². The molecule has 1 fully saturated rings. The Kier molecular flexibility index (Phi) is 3.88. The molecule has 3 nitrogen and oxygen atoms in total. The summed E-state index contributed by atoms with van der Waals surface area (Å²) in [5.74, 6) is 0.365. The lowest BCUT2D eigenvalue weighted by atomic mass is 10.1. The minimum Gasteiger partial charge on any atom is -0.304 e. The number of ketones is 1. The van der Waals surface area contributed by atoms with E-state index in [4.69, 9.17) is 0 Å². The minimum atomic E-state index is 0.124. The highest BCUT2D eigenvalue weighted by Gasteiger charge is 2.22. The average molecular weight is 184 g/mol. The zero-order valence-corrected chi connectivity index (χ0v) is 8.92. The molecule has 0 radical (unpaired) electrons. The lowest BCUT2D eigenvalue weighted by Crippen LogP contribution is -2.50. The highest BCUT2D eigenvalue weighted by Crippen LogP contribution is 2.06. The largest absolute Gasteiger partial charge is 0.304 e. The Morgan fingerprint density at radius 3 is 2.31 bits per heavy atom. The van der Waals surface area contributed by atoms with Crippen LogP contribution >= 0.6 is 0 Å². The van der Waals surface area contributed by atoms with Gasteiger partial charge in [0.25, 0.3) is 0 Å². The van der Waals surface area contributed by atoms with E-state index in [9.17, 15) is 4.79 Å². The Labute approximate surface area is 80.7 Å². The molecular weight excluding hydrogens is 164 g/mol. The van der Waals surface area contributed by atoms with Gasteiger partial charge in [-0.25, -0.2) is 0 Å². The van der Waals surface area contributed by atoms with E-state index in [1.807, 2.05) is 13.8 Å². The Morgan fingerprint density at radius 2 is 1.85 bits per heavy atom. The number of rotatable bonds is 3. The van der Waals surface area contributed by atoms with Crippen LogP contribution in [0, 0.1) is 0 Å². The third kappa shape index (κ3) is 2.78. The molecule has 0 spiro atoms. The first-order valence-electron chi connectivity index (χ1n) is 5.10. The van der Waals surface area contributed by atoms with Gasteiger partial charge in [-0.15, -0.1) is 0 Å². The fourth-order valence-corrected chi connectivity index (χ4v) is 1.71. The maximum absolute atomic E-state index is 11.4. The Hall–Kier alpha value is -0.410. The Morgan fingerprint density at radius 1 is 1.31 bits per heavy atom. The van der Waals surface area contributed by atoms with E-state index in [1.54, 1.807) is 0 Å². The summed E-state index contributed by atoms with van der Waals surface area (Å²) in [5.41, 5.74) is 0. The second-order valence-electron chi connectivity index (χ2n) is 3.84. The first-order chi connectivity index (χ1) is 6.15. The second kappa shape index (κ2) is 4.72.